The molecular weight excluding hydrogens is 214 g/mol. The molecule has 0 N–H and O–H groups in total. The van der Waals surface area contributed by atoms with Crippen molar-refractivity contribution in [3.63, 3.8) is 0 Å². The molecule has 0 bridgehead atoms. The molecule has 0 aromatic rings. The summed E-state index contributed by atoms with van der Waals surface area (Å²) in [5, 5.41) is 8.35. The van der Waals surface area contributed by atoms with Crippen LogP contribution in [0.4, 0.5) is 0 Å². The van der Waals surface area contributed by atoms with Gasteiger partial charge in [-0.2, -0.15) is 5.26 Å². The third-order valence-electron chi connectivity index (χ3n) is 2.59. The van der Waals surface area contributed by atoms with Crippen molar-refractivity contribution in [2.45, 2.75) is 57.8 Å². The van der Waals surface area contributed by atoms with Gasteiger partial charge in [0.15, 0.2) is 0 Å². The topological polar surface area (TPSA) is 50.1 Å². The minimum absolute atomic E-state index is 0.331. The second kappa shape index (κ2) is 12.8. The molecular formula is C14H23NO2. The molecule has 3 nitrogen and oxygen atoms in total. The van der Waals surface area contributed by atoms with Gasteiger partial charge in [-0.25, -0.2) is 4.79 Å². The normalized spacial score (nSPS) is 9.59. The zero-order chi connectivity index (χ0) is 12.8. The van der Waals surface area contributed by atoms with Gasteiger partial charge in [0.05, 0.1) is 12.7 Å². The summed E-state index contributed by atoms with van der Waals surface area (Å²) in [5.41, 5.74) is 0. The van der Waals surface area contributed by atoms with E-state index in [0.29, 0.717) is 13.0 Å². The molecule has 0 aliphatic carbocycles. The Balaban J connectivity index is 3.01. The molecule has 0 spiro atoms. The van der Waals surface area contributed by atoms with Gasteiger partial charge in [0.25, 0.3) is 0 Å². The summed E-state index contributed by atoms with van der Waals surface area (Å²) in [6.45, 7) is 3.84. The molecule has 0 rings (SSSR count). The lowest BCUT2D eigenvalue weighted by Crippen LogP contribution is -2.01. The molecule has 0 saturated heterocycles. The first kappa shape index (κ1) is 15.7. The van der Waals surface area contributed by atoms with E-state index in [1.165, 1.54) is 38.2 Å². The van der Waals surface area contributed by atoms with Crippen molar-refractivity contribution in [3.8, 4) is 6.07 Å². The van der Waals surface area contributed by atoms with E-state index in [1.54, 1.807) is 0 Å². The monoisotopic (exact) mass is 237 g/mol. The lowest BCUT2D eigenvalue weighted by atomic mass is 10.1. The van der Waals surface area contributed by atoms with Crippen LogP contribution in [0, 0.1) is 11.3 Å². The maximum absolute atomic E-state index is 10.7. The summed E-state index contributed by atoms with van der Waals surface area (Å²) >= 11 is 0. The zero-order valence-corrected chi connectivity index (χ0v) is 10.6. The highest BCUT2D eigenvalue weighted by atomic mass is 16.5. The van der Waals surface area contributed by atoms with E-state index in [9.17, 15) is 4.79 Å². The minimum atomic E-state index is -0.331. The van der Waals surface area contributed by atoms with Crippen molar-refractivity contribution in [1.82, 2.24) is 0 Å². The number of rotatable bonds is 11. The molecule has 0 saturated carbocycles. The maximum Gasteiger partial charge on any atom is 0.330 e. The predicted octanol–water partition coefficient (Wildman–Crippen LogP) is 3.75. The molecule has 3 heteroatoms. The molecule has 0 heterocycles. The lowest BCUT2D eigenvalue weighted by Gasteiger charge is -2.02. The summed E-state index contributed by atoms with van der Waals surface area (Å²) in [4.78, 5) is 10.7. The Kier molecular flexibility index (Phi) is 11.8. The number of nitrogens with zero attached hydrogens (tertiary/aromatic N) is 1. The van der Waals surface area contributed by atoms with Crippen molar-refractivity contribution in [2.75, 3.05) is 6.61 Å². The number of hydrogen-bond donors (Lipinski definition) is 0. The molecule has 17 heavy (non-hydrogen) atoms. The third kappa shape index (κ3) is 12.6. The molecule has 0 unspecified atom stereocenters. The van der Waals surface area contributed by atoms with Crippen molar-refractivity contribution in [2.24, 2.45) is 0 Å². The van der Waals surface area contributed by atoms with Crippen molar-refractivity contribution >= 4 is 5.97 Å². The van der Waals surface area contributed by atoms with E-state index in [0.717, 1.165) is 19.3 Å². The highest BCUT2D eigenvalue weighted by Crippen LogP contribution is 2.09. The molecule has 0 fully saturated rings. The molecule has 0 radical (unpaired) electrons. The minimum Gasteiger partial charge on any atom is -0.463 e. The van der Waals surface area contributed by atoms with Gasteiger partial charge in [0.1, 0.15) is 0 Å². The number of carbonyl (C=O) groups excluding carboxylic acids is 1. The van der Waals surface area contributed by atoms with E-state index in [2.05, 4.69) is 12.6 Å². The Morgan fingerprint density at radius 2 is 1.59 bits per heavy atom. The van der Waals surface area contributed by atoms with Crippen LogP contribution in [0.3, 0.4) is 0 Å². The van der Waals surface area contributed by atoms with Gasteiger partial charge in [-0.1, -0.05) is 45.1 Å². The summed E-state index contributed by atoms with van der Waals surface area (Å²) in [6, 6.07) is 2.16. The Labute approximate surface area is 104 Å². The Morgan fingerprint density at radius 3 is 2.12 bits per heavy atom. The summed E-state index contributed by atoms with van der Waals surface area (Å²) in [5.74, 6) is -0.331. The molecule has 0 aliphatic rings. The quantitative estimate of drug-likeness (QED) is 0.312. The fourth-order valence-corrected chi connectivity index (χ4v) is 1.60. The number of nitriles is 1. The van der Waals surface area contributed by atoms with Gasteiger partial charge in [-0.15, -0.1) is 0 Å². The van der Waals surface area contributed by atoms with Crippen molar-refractivity contribution in [1.29, 1.82) is 5.26 Å². The summed E-state index contributed by atoms with van der Waals surface area (Å²) < 4.78 is 4.88. The van der Waals surface area contributed by atoms with Crippen LogP contribution in [-0.2, 0) is 9.53 Å². The first-order valence-electron chi connectivity index (χ1n) is 6.47. The van der Waals surface area contributed by atoms with Gasteiger partial charge >= 0.3 is 5.97 Å². The van der Waals surface area contributed by atoms with E-state index in [4.69, 9.17) is 10.00 Å². The average Bonchev–Trinajstić information content (AvgIpc) is 2.35. The van der Waals surface area contributed by atoms with E-state index in [1.807, 2.05) is 0 Å². The molecule has 0 aromatic heterocycles. The van der Waals surface area contributed by atoms with Crippen molar-refractivity contribution < 1.29 is 9.53 Å². The van der Waals surface area contributed by atoms with Crippen molar-refractivity contribution in [3.05, 3.63) is 12.7 Å². The fourth-order valence-electron chi connectivity index (χ4n) is 1.60. The highest BCUT2D eigenvalue weighted by Gasteiger charge is 1.95. The average molecular weight is 237 g/mol. The van der Waals surface area contributed by atoms with Gasteiger partial charge in [-0.05, 0) is 12.8 Å². The SMILES string of the molecule is C=CC(=O)OCCCCCCCCCCC#N. The fraction of sp³-hybridized carbons (Fsp3) is 0.714. The van der Waals surface area contributed by atoms with E-state index < -0.39 is 0 Å². The van der Waals surface area contributed by atoms with Crippen LogP contribution in [0.2, 0.25) is 0 Å². The van der Waals surface area contributed by atoms with Crippen LogP contribution < -0.4 is 0 Å². The molecule has 96 valence electrons. The van der Waals surface area contributed by atoms with Gasteiger partial charge in [-0.3, -0.25) is 0 Å². The predicted molar refractivity (Wildman–Crippen MR) is 68.3 cm³/mol. The first-order valence-corrected chi connectivity index (χ1v) is 6.47. The second-order valence-electron chi connectivity index (χ2n) is 4.11. The second-order valence-corrected chi connectivity index (χ2v) is 4.11. The first-order chi connectivity index (χ1) is 8.31. The van der Waals surface area contributed by atoms with Gasteiger partial charge in [0, 0.05) is 12.5 Å². The van der Waals surface area contributed by atoms with Crippen LogP contribution in [0.5, 0.6) is 0 Å². The van der Waals surface area contributed by atoms with E-state index >= 15 is 0 Å². The number of hydrogen-bond acceptors (Lipinski definition) is 3. The Morgan fingerprint density at radius 1 is 1.06 bits per heavy atom. The smallest absolute Gasteiger partial charge is 0.330 e. The maximum atomic E-state index is 10.7. The Bertz CT molecular complexity index is 243. The number of carbonyl (C=O) groups is 1. The molecule has 0 aromatic carbocycles. The largest absolute Gasteiger partial charge is 0.463 e. The van der Waals surface area contributed by atoms with Crippen LogP contribution in [-0.4, -0.2) is 12.6 Å². The number of ether oxygens (including phenoxy) is 1. The molecule has 0 amide bonds. The van der Waals surface area contributed by atoms with Gasteiger partial charge in [0.2, 0.25) is 0 Å². The molecule has 0 atom stereocenters. The van der Waals surface area contributed by atoms with Crippen LogP contribution in [0.1, 0.15) is 57.8 Å². The van der Waals surface area contributed by atoms with Gasteiger partial charge < -0.3 is 4.74 Å². The number of esters is 1. The number of unbranched alkanes of at least 4 members (excludes halogenated alkanes) is 8. The standard InChI is InChI=1S/C14H23NO2/c1-2-14(16)17-13-11-9-7-5-3-4-6-8-10-12-15/h2H,1,3-11,13H2. The van der Waals surface area contributed by atoms with Crippen LogP contribution in [0.15, 0.2) is 12.7 Å². The summed E-state index contributed by atoms with van der Waals surface area (Å²) in [7, 11) is 0. The summed E-state index contributed by atoms with van der Waals surface area (Å²) in [6.07, 6.45) is 11.1. The third-order valence-corrected chi connectivity index (χ3v) is 2.59. The van der Waals surface area contributed by atoms with Crippen LogP contribution in [0.25, 0.3) is 0 Å². The van der Waals surface area contributed by atoms with E-state index in [-0.39, 0.29) is 5.97 Å². The zero-order valence-electron chi connectivity index (χ0n) is 10.6. The lowest BCUT2D eigenvalue weighted by molar-refractivity contribution is -0.137. The Hall–Kier alpha value is -1.30. The highest BCUT2D eigenvalue weighted by molar-refractivity contribution is 5.81. The molecule has 0 aliphatic heterocycles. The van der Waals surface area contributed by atoms with Crippen LogP contribution >= 0.6 is 0 Å².